The highest BCUT2D eigenvalue weighted by Gasteiger charge is 2.25. The molecule has 1 saturated heterocycles. The summed E-state index contributed by atoms with van der Waals surface area (Å²) >= 11 is 7.08. The molecule has 0 unspecified atom stereocenters. The Morgan fingerprint density at radius 1 is 1.15 bits per heavy atom. The van der Waals surface area contributed by atoms with E-state index < -0.39 is 0 Å². The standard InChI is InChI=1S/C26H28N4OS2/c1-2-3-15-27-26(32)30-16-13-20(14-17-30)25-29-23(18-33-25)24(31)28-22-12-8-7-11-21(22)19-9-5-4-6-10-19/h2-12,18,20H,13-17H2,1H3,(H,27,32)(H,28,31). The van der Waals surface area contributed by atoms with Gasteiger partial charge in [-0.15, -0.1) is 11.3 Å². The van der Waals surface area contributed by atoms with Crippen LogP contribution in [-0.2, 0) is 0 Å². The van der Waals surface area contributed by atoms with E-state index in [1.54, 1.807) is 11.3 Å². The Labute approximate surface area is 204 Å². The van der Waals surface area contributed by atoms with Crippen molar-refractivity contribution in [2.75, 3.05) is 25.0 Å². The lowest BCUT2D eigenvalue weighted by Crippen LogP contribution is -2.43. The lowest BCUT2D eigenvalue weighted by atomic mass is 9.98. The summed E-state index contributed by atoms with van der Waals surface area (Å²) in [6.45, 7) is 4.56. The van der Waals surface area contributed by atoms with Crippen LogP contribution < -0.4 is 10.6 Å². The van der Waals surface area contributed by atoms with Gasteiger partial charge in [0.15, 0.2) is 5.11 Å². The molecule has 1 aliphatic heterocycles. The second-order valence-electron chi connectivity index (χ2n) is 7.95. The normalized spacial score (nSPS) is 14.4. The molecule has 1 aliphatic rings. The number of piperidine rings is 1. The van der Waals surface area contributed by atoms with Gasteiger partial charge in [0.2, 0.25) is 0 Å². The topological polar surface area (TPSA) is 57.3 Å². The number of thiocarbonyl (C=S) groups is 1. The predicted molar refractivity (Wildman–Crippen MR) is 141 cm³/mol. The molecule has 1 fully saturated rings. The molecule has 170 valence electrons. The molecule has 1 amide bonds. The van der Waals surface area contributed by atoms with Crippen LogP contribution in [0.15, 0.2) is 72.1 Å². The third-order valence-electron chi connectivity index (χ3n) is 5.75. The van der Waals surface area contributed by atoms with Gasteiger partial charge in [0.1, 0.15) is 5.69 Å². The molecule has 5 nitrogen and oxygen atoms in total. The smallest absolute Gasteiger partial charge is 0.275 e. The maximum Gasteiger partial charge on any atom is 0.275 e. The summed E-state index contributed by atoms with van der Waals surface area (Å²) in [5, 5.41) is 10.0. The van der Waals surface area contributed by atoms with Crippen molar-refractivity contribution in [2.24, 2.45) is 0 Å². The SMILES string of the molecule is CC=CCNC(=S)N1CCC(c2nc(C(=O)Nc3ccccc3-c3ccccc3)cs2)CC1. The van der Waals surface area contributed by atoms with Crippen molar-refractivity contribution >= 4 is 40.3 Å². The number of aromatic nitrogens is 1. The highest BCUT2D eigenvalue weighted by atomic mass is 32.1. The molecule has 2 N–H and O–H groups in total. The molecule has 7 heteroatoms. The highest BCUT2D eigenvalue weighted by molar-refractivity contribution is 7.80. The van der Waals surface area contributed by atoms with Gasteiger partial charge in [0.05, 0.1) is 5.01 Å². The number of hydrogen-bond donors (Lipinski definition) is 2. The van der Waals surface area contributed by atoms with Crippen LogP contribution in [0.25, 0.3) is 11.1 Å². The monoisotopic (exact) mass is 476 g/mol. The van der Waals surface area contributed by atoms with E-state index in [1.807, 2.05) is 73.0 Å². The average Bonchev–Trinajstić information content (AvgIpc) is 3.36. The van der Waals surface area contributed by atoms with Crippen molar-refractivity contribution in [3.05, 3.63) is 82.8 Å². The number of likely N-dealkylation sites (tertiary alicyclic amines) is 1. The van der Waals surface area contributed by atoms with Gasteiger partial charge in [-0.25, -0.2) is 4.98 Å². The molecule has 2 heterocycles. The lowest BCUT2D eigenvalue weighted by Gasteiger charge is -2.33. The first-order chi connectivity index (χ1) is 16.2. The first-order valence-corrected chi connectivity index (χ1v) is 12.5. The number of nitrogens with zero attached hydrogens (tertiary/aromatic N) is 2. The number of benzene rings is 2. The number of amides is 1. The number of anilines is 1. The van der Waals surface area contributed by atoms with E-state index in [9.17, 15) is 4.79 Å². The van der Waals surface area contributed by atoms with Gasteiger partial charge in [0, 0.05) is 42.2 Å². The van der Waals surface area contributed by atoms with Gasteiger partial charge in [-0.1, -0.05) is 60.7 Å². The predicted octanol–water partition coefficient (Wildman–Crippen LogP) is 5.69. The summed E-state index contributed by atoms with van der Waals surface area (Å²) in [5.74, 6) is 0.190. The third-order valence-corrected chi connectivity index (χ3v) is 7.16. The Morgan fingerprint density at radius 2 is 1.88 bits per heavy atom. The molecule has 4 rings (SSSR count). The number of carbonyl (C=O) groups is 1. The van der Waals surface area contributed by atoms with E-state index in [2.05, 4.69) is 21.6 Å². The van der Waals surface area contributed by atoms with Gasteiger partial charge in [-0.3, -0.25) is 4.79 Å². The van der Waals surface area contributed by atoms with E-state index in [4.69, 9.17) is 17.2 Å². The van der Waals surface area contributed by atoms with Crippen LogP contribution in [-0.4, -0.2) is 40.5 Å². The largest absolute Gasteiger partial charge is 0.359 e. The van der Waals surface area contributed by atoms with Crippen LogP contribution in [0.2, 0.25) is 0 Å². The van der Waals surface area contributed by atoms with Crippen LogP contribution in [0, 0.1) is 0 Å². The molecule has 0 bridgehead atoms. The fourth-order valence-electron chi connectivity index (χ4n) is 3.93. The van der Waals surface area contributed by atoms with Gasteiger partial charge in [-0.2, -0.15) is 0 Å². The number of carbonyl (C=O) groups excluding carboxylic acids is 1. The molecule has 1 aromatic heterocycles. The van der Waals surface area contributed by atoms with Crippen LogP contribution in [0.4, 0.5) is 5.69 Å². The fraction of sp³-hybridized carbons (Fsp3) is 0.269. The molecule has 3 aromatic rings. The van der Waals surface area contributed by atoms with E-state index in [1.165, 1.54) is 0 Å². The summed E-state index contributed by atoms with van der Waals surface area (Å²) in [4.78, 5) is 19.9. The molecule has 33 heavy (non-hydrogen) atoms. The Balaban J connectivity index is 1.37. The van der Waals surface area contributed by atoms with Crippen molar-refractivity contribution < 1.29 is 4.79 Å². The maximum atomic E-state index is 13.0. The molecule has 0 atom stereocenters. The molecular formula is C26H28N4OS2. The summed E-state index contributed by atoms with van der Waals surface area (Å²) in [7, 11) is 0. The van der Waals surface area contributed by atoms with E-state index in [0.29, 0.717) is 11.6 Å². The van der Waals surface area contributed by atoms with Crippen molar-refractivity contribution in [3.8, 4) is 11.1 Å². The highest BCUT2D eigenvalue weighted by Crippen LogP contribution is 2.31. The van der Waals surface area contributed by atoms with E-state index in [-0.39, 0.29) is 5.91 Å². The molecule has 0 aliphatic carbocycles. The first-order valence-electron chi connectivity index (χ1n) is 11.2. The second-order valence-corrected chi connectivity index (χ2v) is 9.23. The fourth-order valence-corrected chi connectivity index (χ4v) is 5.17. The number of allylic oxidation sites excluding steroid dienone is 1. The first kappa shape index (κ1) is 23.1. The molecular weight excluding hydrogens is 448 g/mol. The van der Waals surface area contributed by atoms with Gasteiger partial charge >= 0.3 is 0 Å². The molecule has 0 radical (unpaired) electrons. The van der Waals surface area contributed by atoms with Crippen LogP contribution >= 0.6 is 23.6 Å². The minimum absolute atomic E-state index is 0.173. The Kier molecular flexibility index (Phi) is 7.86. The third kappa shape index (κ3) is 5.86. The van der Waals surface area contributed by atoms with Crippen LogP contribution in [0.1, 0.15) is 41.2 Å². The van der Waals surface area contributed by atoms with Crippen LogP contribution in [0.5, 0.6) is 0 Å². The second kappa shape index (κ2) is 11.2. The Bertz CT molecular complexity index is 1120. The van der Waals surface area contributed by atoms with E-state index >= 15 is 0 Å². The van der Waals surface area contributed by atoms with Crippen molar-refractivity contribution in [3.63, 3.8) is 0 Å². The summed E-state index contributed by atoms with van der Waals surface area (Å²) in [6, 6.07) is 17.9. The van der Waals surface area contributed by atoms with E-state index in [0.717, 1.165) is 59.4 Å². The molecule has 0 spiro atoms. The maximum absolute atomic E-state index is 13.0. The van der Waals surface area contributed by atoms with Crippen LogP contribution in [0.3, 0.4) is 0 Å². The van der Waals surface area contributed by atoms with Gasteiger partial charge in [-0.05, 0) is 43.6 Å². The zero-order valence-corrected chi connectivity index (χ0v) is 20.3. The van der Waals surface area contributed by atoms with Gasteiger partial charge < -0.3 is 15.5 Å². The lowest BCUT2D eigenvalue weighted by molar-refractivity contribution is 0.102. The Hall–Kier alpha value is -3.03. The Morgan fingerprint density at radius 3 is 2.64 bits per heavy atom. The molecule has 2 aromatic carbocycles. The summed E-state index contributed by atoms with van der Waals surface area (Å²) in [5.41, 5.74) is 3.32. The van der Waals surface area contributed by atoms with Crippen molar-refractivity contribution in [1.82, 2.24) is 15.2 Å². The summed E-state index contributed by atoms with van der Waals surface area (Å²) < 4.78 is 0. The number of thiazole rings is 1. The molecule has 0 saturated carbocycles. The number of hydrogen-bond acceptors (Lipinski definition) is 4. The van der Waals surface area contributed by atoms with Crippen molar-refractivity contribution in [2.45, 2.75) is 25.7 Å². The number of nitrogens with one attached hydrogen (secondary N) is 2. The minimum Gasteiger partial charge on any atom is -0.359 e. The minimum atomic E-state index is -0.173. The summed E-state index contributed by atoms with van der Waals surface area (Å²) in [6.07, 6.45) is 6.03. The zero-order valence-electron chi connectivity index (χ0n) is 18.7. The number of para-hydroxylation sites is 1. The quantitative estimate of drug-likeness (QED) is 0.353. The van der Waals surface area contributed by atoms with Gasteiger partial charge in [0.25, 0.3) is 5.91 Å². The number of rotatable bonds is 6. The average molecular weight is 477 g/mol. The zero-order chi connectivity index (χ0) is 23.0. The van der Waals surface area contributed by atoms with Crippen molar-refractivity contribution in [1.29, 1.82) is 0 Å².